The summed E-state index contributed by atoms with van der Waals surface area (Å²) in [5.74, 6) is 1.16. The summed E-state index contributed by atoms with van der Waals surface area (Å²) < 4.78 is 5.55. The fourth-order valence-corrected chi connectivity index (χ4v) is 1.39. The predicted molar refractivity (Wildman–Crippen MR) is 64.4 cm³/mol. The van der Waals surface area contributed by atoms with Crippen LogP contribution in [0.1, 0.15) is 5.56 Å². The van der Waals surface area contributed by atoms with Crippen molar-refractivity contribution in [2.45, 2.75) is 6.61 Å². The van der Waals surface area contributed by atoms with Crippen LogP contribution in [-0.4, -0.2) is 4.98 Å². The molecule has 2 rings (SSSR count). The minimum atomic E-state index is 0.452. The highest BCUT2D eigenvalue weighted by Gasteiger charge is 1.97. The maximum absolute atomic E-state index is 5.78. The molecule has 1 aromatic heterocycles. The molecule has 16 heavy (non-hydrogen) atoms. The molecule has 0 spiro atoms. The van der Waals surface area contributed by atoms with Crippen molar-refractivity contribution in [1.82, 2.24) is 4.98 Å². The van der Waals surface area contributed by atoms with Gasteiger partial charge in [-0.15, -0.1) is 0 Å². The molecular weight excluding hydrogens is 224 g/mol. The van der Waals surface area contributed by atoms with Gasteiger partial charge < -0.3 is 10.5 Å². The van der Waals surface area contributed by atoms with Crippen molar-refractivity contribution in [2.24, 2.45) is 0 Å². The second kappa shape index (κ2) is 4.86. The summed E-state index contributed by atoms with van der Waals surface area (Å²) in [5, 5.41) is 0.719. The zero-order chi connectivity index (χ0) is 11.4. The Morgan fingerprint density at radius 2 is 1.94 bits per heavy atom. The van der Waals surface area contributed by atoms with Crippen molar-refractivity contribution in [3.63, 3.8) is 0 Å². The normalized spacial score (nSPS) is 10.1. The number of pyridine rings is 1. The topological polar surface area (TPSA) is 48.1 Å². The number of anilines is 1. The molecule has 1 heterocycles. The van der Waals surface area contributed by atoms with Crippen molar-refractivity contribution < 1.29 is 4.74 Å². The van der Waals surface area contributed by atoms with Crippen LogP contribution < -0.4 is 10.5 Å². The smallest absolute Gasteiger partial charge is 0.126 e. The molecule has 0 unspecified atom stereocenters. The van der Waals surface area contributed by atoms with Gasteiger partial charge in [0.25, 0.3) is 0 Å². The lowest BCUT2D eigenvalue weighted by Crippen LogP contribution is -1.96. The van der Waals surface area contributed by atoms with E-state index in [4.69, 9.17) is 22.1 Å². The minimum absolute atomic E-state index is 0.452. The van der Waals surface area contributed by atoms with Crippen molar-refractivity contribution >= 4 is 17.4 Å². The molecular formula is C12H11ClN2O. The Morgan fingerprint density at radius 3 is 2.62 bits per heavy atom. The Balaban J connectivity index is 1.99. The zero-order valence-corrected chi connectivity index (χ0v) is 9.32. The summed E-state index contributed by atoms with van der Waals surface area (Å²) in [6, 6.07) is 11.0. The Bertz CT molecular complexity index is 471. The van der Waals surface area contributed by atoms with E-state index in [0.29, 0.717) is 18.2 Å². The molecule has 0 saturated heterocycles. The van der Waals surface area contributed by atoms with Gasteiger partial charge in [0, 0.05) is 17.3 Å². The van der Waals surface area contributed by atoms with Crippen molar-refractivity contribution in [1.29, 1.82) is 0 Å². The number of hydrogen-bond acceptors (Lipinski definition) is 3. The van der Waals surface area contributed by atoms with Crippen LogP contribution in [-0.2, 0) is 6.61 Å². The lowest BCUT2D eigenvalue weighted by atomic mass is 10.2. The maximum Gasteiger partial charge on any atom is 0.126 e. The molecule has 0 amide bonds. The van der Waals surface area contributed by atoms with E-state index in [-0.39, 0.29) is 0 Å². The van der Waals surface area contributed by atoms with E-state index in [0.717, 1.165) is 10.6 Å². The molecule has 82 valence electrons. The highest BCUT2D eigenvalue weighted by atomic mass is 35.5. The van der Waals surface area contributed by atoms with Gasteiger partial charge in [-0.05, 0) is 23.8 Å². The van der Waals surface area contributed by atoms with Crippen LogP contribution in [0.2, 0.25) is 5.02 Å². The number of nitrogen functional groups attached to an aromatic ring is 1. The first-order valence-corrected chi connectivity index (χ1v) is 5.20. The SMILES string of the molecule is Nc1cc(OCc2ccc(Cl)cc2)ccn1. The third kappa shape index (κ3) is 2.87. The number of ether oxygens (including phenoxy) is 1. The third-order valence-electron chi connectivity index (χ3n) is 2.07. The monoisotopic (exact) mass is 234 g/mol. The highest BCUT2D eigenvalue weighted by molar-refractivity contribution is 6.30. The number of nitrogens with zero attached hydrogens (tertiary/aromatic N) is 1. The van der Waals surface area contributed by atoms with Crippen LogP contribution in [0.25, 0.3) is 0 Å². The van der Waals surface area contributed by atoms with Crippen LogP contribution in [0.4, 0.5) is 5.82 Å². The minimum Gasteiger partial charge on any atom is -0.489 e. The van der Waals surface area contributed by atoms with E-state index in [2.05, 4.69) is 4.98 Å². The largest absolute Gasteiger partial charge is 0.489 e. The fraction of sp³-hybridized carbons (Fsp3) is 0.0833. The second-order valence-electron chi connectivity index (χ2n) is 3.33. The highest BCUT2D eigenvalue weighted by Crippen LogP contribution is 2.15. The van der Waals surface area contributed by atoms with Gasteiger partial charge in [0.05, 0.1) is 0 Å². The van der Waals surface area contributed by atoms with Crippen molar-refractivity contribution in [3.8, 4) is 5.75 Å². The summed E-state index contributed by atoms with van der Waals surface area (Å²) in [6.07, 6.45) is 1.62. The average Bonchev–Trinajstić information content (AvgIpc) is 2.28. The number of halogens is 1. The number of nitrogens with two attached hydrogens (primary N) is 1. The lowest BCUT2D eigenvalue weighted by molar-refractivity contribution is 0.306. The molecule has 0 bridgehead atoms. The molecule has 1 aromatic carbocycles. The van der Waals surface area contributed by atoms with E-state index in [1.54, 1.807) is 18.3 Å². The standard InChI is InChI=1S/C12H11ClN2O/c13-10-3-1-9(2-4-10)8-16-11-5-6-15-12(14)7-11/h1-7H,8H2,(H2,14,15). The molecule has 0 aliphatic heterocycles. The fourth-order valence-electron chi connectivity index (χ4n) is 1.27. The second-order valence-corrected chi connectivity index (χ2v) is 3.77. The molecule has 0 saturated carbocycles. The number of hydrogen-bond donors (Lipinski definition) is 1. The summed E-state index contributed by atoms with van der Waals surface area (Å²) in [4.78, 5) is 3.89. The Labute approximate surface area is 98.8 Å². The van der Waals surface area contributed by atoms with E-state index in [1.807, 2.05) is 24.3 Å². The number of benzene rings is 1. The summed E-state index contributed by atoms with van der Waals surface area (Å²) in [5.41, 5.74) is 6.59. The van der Waals surface area contributed by atoms with Crippen molar-refractivity contribution in [2.75, 3.05) is 5.73 Å². The molecule has 0 fully saturated rings. The van der Waals surface area contributed by atoms with Crippen LogP contribution in [0, 0.1) is 0 Å². The van der Waals surface area contributed by atoms with Crippen LogP contribution in [0.5, 0.6) is 5.75 Å². The molecule has 0 aliphatic rings. The quantitative estimate of drug-likeness (QED) is 0.888. The number of rotatable bonds is 3. The van der Waals surface area contributed by atoms with Crippen LogP contribution >= 0.6 is 11.6 Å². The van der Waals surface area contributed by atoms with E-state index in [1.165, 1.54) is 0 Å². The van der Waals surface area contributed by atoms with Gasteiger partial charge in [0.15, 0.2) is 0 Å². The van der Waals surface area contributed by atoms with Crippen molar-refractivity contribution in [3.05, 3.63) is 53.2 Å². The molecule has 2 aromatic rings. The van der Waals surface area contributed by atoms with Gasteiger partial charge in [0.1, 0.15) is 18.2 Å². The molecule has 0 atom stereocenters. The van der Waals surface area contributed by atoms with E-state index in [9.17, 15) is 0 Å². The Kier molecular flexibility index (Phi) is 3.27. The summed E-state index contributed by atoms with van der Waals surface area (Å²) in [6.45, 7) is 0.487. The van der Waals surface area contributed by atoms with Gasteiger partial charge in [0.2, 0.25) is 0 Å². The van der Waals surface area contributed by atoms with E-state index >= 15 is 0 Å². The first-order valence-electron chi connectivity index (χ1n) is 4.83. The van der Waals surface area contributed by atoms with E-state index < -0.39 is 0 Å². The van der Waals surface area contributed by atoms with Gasteiger partial charge in [-0.1, -0.05) is 23.7 Å². The first kappa shape index (κ1) is 10.8. The number of aromatic nitrogens is 1. The molecule has 3 nitrogen and oxygen atoms in total. The predicted octanol–water partition coefficient (Wildman–Crippen LogP) is 2.90. The van der Waals surface area contributed by atoms with Gasteiger partial charge >= 0.3 is 0 Å². The van der Waals surface area contributed by atoms with Gasteiger partial charge in [-0.25, -0.2) is 4.98 Å². The molecule has 0 radical (unpaired) electrons. The molecule has 2 N–H and O–H groups in total. The molecule has 4 heteroatoms. The van der Waals surface area contributed by atoms with Crippen LogP contribution in [0.3, 0.4) is 0 Å². The lowest BCUT2D eigenvalue weighted by Gasteiger charge is -2.06. The maximum atomic E-state index is 5.78. The van der Waals surface area contributed by atoms with Gasteiger partial charge in [-0.2, -0.15) is 0 Å². The Hall–Kier alpha value is -1.74. The Morgan fingerprint density at radius 1 is 1.19 bits per heavy atom. The third-order valence-corrected chi connectivity index (χ3v) is 2.32. The zero-order valence-electron chi connectivity index (χ0n) is 8.56. The molecule has 0 aliphatic carbocycles. The average molecular weight is 235 g/mol. The van der Waals surface area contributed by atoms with Crippen LogP contribution in [0.15, 0.2) is 42.6 Å². The summed E-state index contributed by atoms with van der Waals surface area (Å²) in [7, 11) is 0. The first-order chi connectivity index (χ1) is 7.74. The van der Waals surface area contributed by atoms with Gasteiger partial charge in [-0.3, -0.25) is 0 Å². The summed E-state index contributed by atoms with van der Waals surface area (Å²) >= 11 is 5.78.